The first-order valence-corrected chi connectivity index (χ1v) is 8.13. The van der Waals surface area contributed by atoms with Crippen LogP contribution in [0.15, 0.2) is 5.38 Å². The summed E-state index contributed by atoms with van der Waals surface area (Å²) in [4.78, 5) is 16.5. The molecule has 2 N–H and O–H groups in total. The molecule has 2 atom stereocenters. The number of thiazole rings is 1. The Hall–Kier alpha value is -0.980. The van der Waals surface area contributed by atoms with Crippen LogP contribution in [0.3, 0.4) is 0 Å². The molecule has 1 fully saturated rings. The van der Waals surface area contributed by atoms with Crippen molar-refractivity contribution in [2.75, 3.05) is 19.7 Å². The van der Waals surface area contributed by atoms with Crippen molar-refractivity contribution in [3.8, 4) is 0 Å². The Labute approximate surface area is 124 Å². The first-order valence-electron chi connectivity index (χ1n) is 7.25. The van der Waals surface area contributed by atoms with Crippen molar-refractivity contribution in [2.24, 2.45) is 0 Å². The van der Waals surface area contributed by atoms with Crippen molar-refractivity contribution >= 4 is 17.2 Å². The van der Waals surface area contributed by atoms with Crippen LogP contribution in [-0.2, 0) is 16.0 Å². The summed E-state index contributed by atoms with van der Waals surface area (Å²) in [5, 5.41) is 9.24. The monoisotopic (exact) mass is 297 g/mol. The van der Waals surface area contributed by atoms with Crippen LogP contribution in [0.5, 0.6) is 0 Å². The van der Waals surface area contributed by atoms with Crippen molar-refractivity contribution in [1.29, 1.82) is 0 Å². The van der Waals surface area contributed by atoms with Gasteiger partial charge in [0.1, 0.15) is 11.1 Å². The van der Waals surface area contributed by atoms with Gasteiger partial charge in [-0.2, -0.15) is 0 Å². The van der Waals surface area contributed by atoms with E-state index in [2.05, 4.69) is 15.6 Å². The molecule has 1 amide bonds. The lowest BCUT2D eigenvalue weighted by atomic mass is 10.1. The number of amides is 1. The van der Waals surface area contributed by atoms with Gasteiger partial charge in [0.15, 0.2) is 0 Å². The van der Waals surface area contributed by atoms with Gasteiger partial charge in [-0.05, 0) is 33.2 Å². The minimum atomic E-state index is 0.00403. The lowest BCUT2D eigenvalue weighted by Gasteiger charge is -2.23. The second-order valence-corrected chi connectivity index (χ2v) is 5.95. The van der Waals surface area contributed by atoms with Gasteiger partial charge in [0.2, 0.25) is 5.91 Å². The number of ether oxygens (including phenoxy) is 1. The van der Waals surface area contributed by atoms with Gasteiger partial charge in [-0.1, -0.05) is 0 Å². The molecule has 1 aromatic heterocycles. The predicted octanol–water partition coefficient (Wildman–Crippen LogP) is 1.65. The minimum absolute atomic E-state index is 0.00403. The summed E-state index contributed by atoms with van der Waals surface area (Å²) in [5.41, 5.74) is 0.831. The normalized spacial score (nSPS) is 20.6. The number of nitrogens with zero attached hydrogens (tertiary/aromatic N) is 1. The Morgan fingerprint density at radius 2 is 2.55 bits per heavy atom. The van der Waals surface area contributed by atoms with Crippen molar-refractivity contribution in [2.45, 2.75) is 45.3 Å². The number of carbonyl (C=O) groups excluding carboxylic acids is 1. The van der Waals surface area contributed by atoms with Crippen LogP contribution in [0.2, 0.25) is 0 Å². The van der Waals surface area contributed by atoms with Crippen LogP contribution >= 0.6 is 11.3 Å². The molecule has 0 aliphatic carbocycles. The molecule has 0 saturated carbocycles. The standard InChI is InChI=1S/C14H23N3O2S/c1-3-19-10(2)14-17-12(9-20-14)7-13(18)16-11-5-4-6-15-8-11/h9-11,15H,3-8H2,1-2H3,(H,16,18)/t10?,11-/m0/s1. The number of hydrogen-bond donors (Lipinski definition) is 2. The molecule has 0 radical (unpaired) electrons. The van der Waals surface area contributed by atoms with Crippen molar-refractivity contribution < 1.29 is 9.53 Å². The van der Waals surface area contributed by atoms with Crippen LogP contribution in [0.25, 0.3) is 0 Å². The first-order chi connectivity index (χ1) is 9.69. The molecule has 5 nitrogen and oxygen atoms in total. The zero-order valence-electron chi connectivity index (χ0n) is 12.1. The fraction of sp³-hybridized carbons (Fsp3) is 0.714. The average molecular weight is 297 g/mol. The smallest absolute Gasteiger partial charge is 0.226 e. The van der Waals surface area contributed by atoms with Crippen LogP contribution in [-0.4, -0.2) is 36.6 Å². The predicted molar refractivity (Wildman–Crippen MR) is 79.9 cm³/mol. The van der Waals surface area contributed by atoms with E-state index in [9.17, 15) is 4.79 Å². The molecule has 1 unspecified atom stereocenters. The lowest BCUT2D eigenvalue weighted by molar-refractivity contribution is -0.121. The van der Waals surface area contributed by atoms with Gasteiger partial charge in [-0.15, -0.1) is 11.3 Å². The average Bonchev–Trinajstić information content (AvgIpc) is 2.88. The maximum Gasteiger partial charge on any atom is 0.226 e. The highest BCUT2D eigenvalue weighted by molar-refractivity contribution is 7.09. The first kappa shape index (κ1) is 15.4. The van der Waals surface area contributed by atoms with Gasteiger partial charge in [-0.3, -0.25) is 4.79 Å². The van der Waals surface area contributed by atoms with Gasteiger partial charge in [0.25, 0.3) is 0 Å². The maximum atomic E-state index is 12.0. The SMILES string of the molecule is CCOC(C)c1nc(CC(=O)N[C@H]2CCCNC2)cs1. The Morgan fingerprint density at radius 3 is 3.25 bits per heavy atom. The minimum Gasteiger partial charge on any atom is -0.372 e. The Bertz CT molecular complexity index is 430. The fourth-order valence-corrected chi connectivity index (χ4v) is 3.15. The largest absolute Gasteiger partial charge is 0.372 e. The lowest BCUT2D eigenvalue weighted by Crippen LogP contribution is -2.46. The van der Waals surface area contributed by atoms with E-state index in [0.717, 1.165) is 36.6 Å². The van der Waals surface area contributed by atoms with Gasteiger partial charge in [0.05, 0.1) is 12.1 Å². The molecule has 0 spiro atoms. The van der Waals surface area contributed by atoms with E-state index < -0.39 is 0 Å². The second kappa shape index (κ2) is 7.71. The number of hydrogen-bond acceptors (Lipinski definition) is 5. The summed E-state index contributed by atoms with van der Waals surface area (Å²) in [7, 11) is 0. The molecule has 0 bridgehead atoms. The highest BCUT2D eigenvalue weighted by atomic mass is 32.1. The summed E-state index contributed by atoms with van der Waals surface area (Å²) in [5.74, 6) is 0.0552. The molecule has 1 aromatic rings. The van der Waals surface area contributed by atoms with Crippen LogP contribution in [0, 0.1) is 0 Å². The summed E-state index contributed by atoms with van der Waals surface area (Å²) >= 11 is 1.56. The molecule has 2 heterocycles. The van der Waals surface area contributed by atoms with E-state index in [1.54, 1.807) is 11.3 Å². The molecule has 0 aromatic carbocycles. The third-order valence-electron chi connectivity index (χ3n) is 3.34. The van der Waals surface area contributed by atoms with E-state index in [0.29, 0.717) is 13.0 Å². The highest BCUT2D eigenvalue weighted by Gasteiger charge is 2.17. The van der Waals surface area contributed by atoms with E-state index >= 15 is 0 Å². The number of nitrogens with one attached hydrogen (secondary N) is 2. The molecular formula is C14H23N3O2S. The Balaban J connectivity index is 1.81. The van der Waals surface area contributed by atoms with E-state index in [4.69, 9.17) is 4.74 Å². The zero-order chi connectivity index (χ0) is 14.4. The highest BCUT2D eigenvalue weighted by Crippen LogP contribution is 2.21. The number of rotatable bonds is 6. The van der Waals surface area contributed by atoms with Crippen LogP contribution < -0.4 is 10.6 Å². The molecule has 1 aliphatic heterocycles. The fourth-order valence-electron chi connectivity index (χ4n) is 2.33. The Morgan fingerprint density at radius 1 is 1.70 bits per heavy atom. The summed E-state index contributed by atoms with van der Waals surface area (Å²) in [6, 6.07) is 0.261. The van der Waals surface area contributed by atoms with Crippen molar-refractivity contribution in [3.63, 3.8) is 0 Å². The maximum absolute atomic E-state index is 12.0. The van der Waals surface area contributed by atoms with Gasteiger partial charge in [0, 0.05) is 24.6 Å². The molecule has 2 rings (SSSR count). The van der Waals surface area contributed by atoms with E-state index in [-0.39, 0.29) is 18.1 Å². The molecule has 6 heteroatoms. The van der Waals surface area contributed by atoms with Crippen molar-refractivity contribution in [1.82, 2.24) is 15.6 Å². The van der Waals surface area contributed by atoms with Crippen molar-refractivity contribution in [3.05, 3.63) is 16.1 Å². The van der Waals surface area contributed by atoms with Gasteiger partial charge >= 0.3 is 0 Å². The molecule has 1 saturated heterocycles. The van der Waals surface area contributed by atoms with Crippen LogP contribution in [0.4, 0.5) is 0 Å². The summed E-state index contributed by atoms with van der Waals surface area (Å²) in [6.45, 7) is 6.55. The number of carbonyl (C=O) groups is 1. The quantitative estimate of drug-likeness (QED) is 0.838. The summed E-state index contributed by atoms with van der Waals surface area (Å²) in [6.07, 6.45) is 2.54. The number of aromatic nitrogens is 1. The topological polar surface area (TPSA) is 63.2 Å². The molecule has 1 aliphatic rings. The van der Waals surface area contributed by atoms with E-state index in [1.165, 1.54) is 0 Å². The zero-order valence-corrected chi connectivity index (χ0v) is 13.0. The number of piperidine rings is 1. The summed E-state index contributed by atoms with van der Waals surface area (Å²) < 4.78 is 5.51. The van der Waals surface area contributed by atoms with Gasteiger partial charge in [-0.25, -0.2) is 4.98 Å². The third kappa shape index (κ3) is 4.54. The molecule has 20 heavy (non-hydrogen) atoms. The van der Waals surface area contributed by atoms with Crippen LogP contribution in [0.1, 0.15) is 43.5 Å². The third-order valence-corrected chi connectivity index (χ3v) is 4.39. The molecular weight excluding hydrogens is 274 g/mol. The molecule has 112 valence electrons. The van der Waals surface area contributed by atoms with Gasteiger partial charge < -0.3 is 15.4 Å². The second-order valence-electron chi connectivity index (χ2n) is 5.06. The Kier molecular flexibility index (Phi) is 5.94. The van der Waals surface area contributed by atoms with E-state index in [1.807, 2.05) is 19.2 Å².